The van der Waals surface area contributed by atoms with Crippen LogP contribution < -0.4 is 21.0 Å². The van der Waals surface area contributed by atoms with Gasteiger partial charge in [-0.15, -0.1) is 0 Å². The third-order valence-electron chi connectivity index (χ3n) is 4.31. The highest BCUT2D eigenvalue weighted by molar-refractivity contribution is 5.94. The van der Waals surface area contributed by atoms with Crippen molar-refractivity contribution in [3.8, 4) is 5.75 Å². The lowest BCUT2D eigenvalue weighted by Crippen LogP contribution is -2.31. The molecule has 2 aromatic heterocycles. The normalized spacial score (nSPS) is 10.9. The van der Waals surface area contributed by atoms with Crippen LogP contribution >= 0.6 is 0 Å². The molecule has 0 spiro atoms. The van der Waals surface area contributed by atoms with E-state index in [0.717, 1.165) is 6.07 Å². The Labute approximate surface area is 157 Å². The topological polar surface area (TPSA) is 81.8 Å². The third kappa shape index (κ3) is 3.38. The molecular formula is C19H17F2N3O4. The molecule has 1 aromatic carbocycles. The fourth-order valence-electron chi connectivity index (χ4n) is 2.83. The Bertz CT molecular complexity index is 1180. The molecule has 0 aliphatic carbocycles. The van der Waals surface area contributed by atoms with Crippen LogP contribution in [0.2, 0.25) is 0 Å². The molecule has 146 valence electrons. The first-order chi connectivity index (χ1) is 13.4. The van der Waals surface area contributed by atoms with E-state index < -0.39 is 28.5 Å². The van der Waals surface area contributed by atoms with E-state index in [4.69, 9.17) is 4.74 Å². The number of hydrogen-bond acceptors (Lipinski definition) is 4. The molecule has 3 rings (SSSR count). The van der Waals surface area contributed by atoms with E-state index >= 15 is 0 Å². The van der Waals surface area contributed by atoms with Gasteiger partial charge in [0.15, 0.2) is 11.3 Å². The average Bonchev–Trinajstić information content (AvgIpc) is 2.67. The SMILES string of the molecule is CCn1ccn2cc(C(=O)NCc3ccc(F)cc3F)c(=O)c(OC)c2c1=O. The number of halogens is 2. The van der Waals surface area contributed by atoms with Gasteiger partial charge in [-0.25, -0.2) is 8.78 Å². The van der Waals surface area contributed by atoms with Crippen molar-refractivity contribution >= 4 is 11.4 Å². The molecule has 3 aromatic rings. The number of nitrogens with zero attached hydrogens (tertiary/aromatic N) is 2. The molecule has 0 saturated heterocycles. The zero-order valence-corrected chi connectivity index (χ0v) is 15.2. The van der Waals surface area contributed by atoms with Crippen LogP contribution in [0.1, 0.15) is 22.8 Å². The summed E-state index contributed by atoms with van der Waals surface area (Å²) < 4.78 is 34.5. The largest absolute Gasteiger partial charge is 0.491 e. The van der Waals surface area contributed by atoms with Crippen LogP contribution in [0.25, 0.3) is 5.52 Å². The molecule has 1 N–H and O–H groups in total. The van der Waals surface area contributed by atoms with Gasteiger partial charge in [0, 0.05) is 43.3 Å². The molecule has 9 heteroatoms. The molecule has 7 nitrogen and oxygen atoms in total. The Morgan fingerprint density at radius 2 is 1.96 bits per heavy atom. The monoisotopic (exact) mass is 389 g/mol. The zero-order valence-electron chi connectivity index (χ0n) is 15.2. The summed E-state index contributed by atoms with van der Waals surface area (Å²) in [5.41, 5.74) is -1.39. The number of benzene rings is 1. The second-order valence-electron chi connectivity index (χ2n) is 5.97. The molecule has 0 bridgehead atoms. The Morgan fingerprint density at radius 3 is 2.61 bits per heavy atom. The minimum Gasteiger partial charge on any atom is -0.491 e. The smallest absolute Gasteiger partial charge is 0.278 e. The number of fused-ring (bicyclic) bond motifs is 1. The molecular weight excluding hydrogens is 372 g/mol. The number of pyridine rings is 1. The first kappa shape index (κ1) is 19.3. The van der Waals surface area contributed by atoms with Crippen LogP contribution in [0.15, 0.2) is 46.4 Å². The zero-order chi connectivity index (χ0) is 20.4. The predicted molar refractivity (Wildman–Crippen MR) is 97.7 cm³/mol. The van der Waals surface area contributed by atoms with E-state index in [0.29, 0.717) is 12.6 Å². The first-order valence-corrected chi connectivity index (χ1v) is 8.42. The van der Waals surface area contributed by atoms with Crippen molar-refractivity contribution in [3.05, 3.63) is 80.1 Å². The van der Waals surface area contributed by atoms with Crippen molar-refractivity contribution < 1.29 is 18.3 Å². The number of aromatic nitrogens is 2. The molecule has 2 heterocycles. The van der Waals surface area contributed by atoms with Crippen molar-refractivity contribution in [2.75, 3.05) is 7.11 Å². The molecule has 0 fully saturated rings. The predicted octanol–water partition coefficient (Wildman–Crippen LogP) is 1.70. The number of nitrogens with one attached hydrogen (secondary N) is 1. The van der Waals surface area contributed by atoms with E-state index in [1.165, 1.54) is 40.7 Å². The van der Waals surface area contributed by atoms with E-state index in [-0.39, 0.29) is 28.9 Å². The van der Waals surface area contributed by atoms with Gasteiger partial charge in [-0.2, -0.15) is 0 Å². The minimum absolute atomic E-state index is 0.0120. The summed E-state index contributed by atoms with van der Waals surface area (Å²) in [6.45, 7) is 1.93. The third-order valence-corrected chi connectivity index (χ3v) is 4.31. The van der Waals surface area contributed by atoms with Crippen LogP contribution in [0.3, 0.4) is 0 Å². The van der Waals surface area contributed by atoms with Crippen LogP contribution in [-0.2, 0) is 13.1 Å². The standard InChI is InChI=1S/C19H17F2N3O4/c1-3-23-6-7-24-10-13(16(25)17(28-2)15(24)19(23)27)18(26)22-9-11-4-5-12(20)8-14(11)21/h4-8,10H,3,9H2,1-2H3,(H,22,26). The number of ether oxygens (including phenoxy) is 1. The molecule has 0 atom stereocenters. The maximum absolute atomic E-state index is 13.7. The maximum Gasteiger partial charge on any atom is 0.278 e. The Kier molecular flexibility index (Phi) is 5.25. The van der Waals surface area contributed by atoms with Crippen molar-refractivity contribution in [3.63, 3.8) is 0 Å². The summed E-state index contributed by atoms with van der Waals surface area (Å²) in [4.78, 5) is 37.6. The number of carbonyl (C=O) groups is 1. The molecule has 0 radical (unpaired) electrons. The number of amides is 1. The van der Waals surface area contributed by atoms with E-state index in [9.17, 15) is 23.2 Å². The number of rotatable bonds is 5. The number of carbonyl (C=O) groups excluding carboxylic acids is 1. The Balaban J connectivity index is 2.01. The molecule has 1 amide bonds. The summed E-state index contributed by atoms with van der Waals surface area (Å²) in [5, 5.41) is 2.42. The molecule has 0 saturated carbocycles. The van der Waals surface area contributed by atoms with Crippen LogP contribution in [0.4, 0.5) is 8.78 Å². The highest BCUT2D eigenvalue weighted by Crippen LogP contribution is 2.13. The Hall–Kier alpha value is -3.49. The summed E-state index contributed by atoms with van der Waals surface area (Å²) in [7, 11) is 1.23. The number of methoxy groups -OCH3 is 1. The molecule has 28 heavy (non-hydrogen) atoms. The van der Waals surface area contributed by atoms with Crippen molar-refractivity contribution in [1.29, 1.82) is 0 Å². The van der Waals surface area contributed by atoms with Gasteiger partial charge in [0.1, 0.15) is 17.2 Å². The summed E-state index contributed by atoms with van der Waals surface area (Å²) in [6, 6.07) is 2.97. The second-order valence-corrected chi connectivity index (χ2v) is 5.97. The van der Waals surface area contributed by atoms with Crippen LogP contribution in [-0.4, -0.2) is 22.0 Å². The quantitative estimate of drug-likeness (QED) is 0.720. The average molecular weight is 389 g/mol. The van der Waals surface area contributed by atoms with E-state index in [1.54, 1.807) is 6.92 Å². The molecule has 0 aliphatic heterocycles. The highest BCUT2D eigenvalue weighted by Gasteiger charge is 2.20. The van der Waals surface area contributed by atoms with Crippen LogP contribution in [0.5, 0.6) is 5.75 Å². The van der Waals surface area contributed by atoms with Gasteiger partial charge in [-0.05, 0) is 13.0 Å². The van der Waals surface area contributed by atoms with Gasteiger partial charge >= 0.3 is 0 Å². The van der Waals surface area contributed by atoms with E-state index in [1.807, 2.05) is 0 Å². The molecule has 0 aliphatic rings. The lowest BCUT2D eigenvalue weighted by atomic mass is 10.2. The minimum atomic E-state index is -0.812. The summed E-state index contributed by atoms with van der Waals surface area (Å²) in [6.07, 6.45) is 4.27. The Morgan fingerprint density at radius 1 is 1.21 bits per heavy atom. The highest BCUT2D eigenvalue weighted by atomic mass is 19.1. The maximum atomic E-state index is 13.7. The van der Waals surface area contributed by atoms with Gasteiger partial charge < -0.3 is 19.0 Å². The van der Waals surface area contributed by atoms with Gasteiger partial charge in [0.25, 0.3) is 11.5 Å². The fraction of sp³-hybridized carbons (Fsp3) is 0.211. The fourth-order valence-corrected chi connectivity index (χ4v) is 2.83. The van der Waals surface area contributed by atoms with Crippen molar-refractivity contribution in [1.82, 2.24) is 14.3 Å². The number of aryl methyl sites for hydroxylation is 1. The lowest BCUT2D eigenvalue weighted by Gasteiger charge is -2.12. The number of hydrogen-bond donors (Lipinski definition) is 1. The van der Waals surface area contributed by atoms with Crippen LogP contribution in [0, 0.1) is 11.6 Å². The van der Waals surface area contributed by atoms with Gasteiger partial charge in [0.2, 0.25) is 5.43 Å². The van der Waals surface area contributed by atoms with Gasteiger partial charge in [-0.3, -0.25) is 14.4 Å². The molecule has 0 unspecified atom stereocenters. The summed E-state index contributed by atoms with van der Waals surface area (Å²) in [5.74, 6) is -2.58. The van der Waals surface area contributed by atoms with Crippen molar-refractivity contribution in [2.45, 2.75) is 20.0 Å². The first-order valence-electron chi connectivity index (χ1n) is 8.42. The van der Waals surface area contributed by atoms with E-state index in [2.05, 4.69) is 5.32 Å². The second kappa shape index (κ2) is 7.63. The summed E-state index contributed by atoms with van der Waals surface area (Å²) >= 11 is 0. The van der Waals surface area contributed by atoms with Gasteiger partial charge in [-0.1, -0.05) is 6.07 Å². The van der Waals surface area contributed by atoms with Crippen molar-refractivity contribution in [2.24, 2.45) is 0 Å². The van der Waals surface area contributed by atoms with Gasteiger partial charge in [0.05, 0.1) is 7.11 Å². The lowest BCUT2D eigenvalue weighted by molar-refractivity contribution is 0.0948.